The van der Waals surface area contributed by atoms with Gasteiger partial charge in [0.25, 0.3) is 5.69 Å². The Morgan fingerprint density at radius 3 is 2.79 bits per heavy atom. The fourth-order valence-electron chi connectivity index (χ4n) is 2.45. The zero-order chi connectivity index (χ0) is 14.2. The Morgan fingerprint density at radius 1 is 1.53 bits per heavy atom. The normalized spacial score (nSPS) is 23.5. The Bertz CT molecular complexity index is 507. The first kappa shape index (κ1) is 14.1. The van der Waals surface area contributed by atoms with E-state index in [-0.39, 0.29) is 16.8 Å². The summed E-state index contributed by atoms with van der Waals surface area (Å²) in [7, 11) is 0. The van der Waals surface area contributed by atoms with Crippen LogP contribution >= 0.6 is 11.6 Å². The molecule has 0 saturated carbocycles. The molecule has 2 N–H and O–H groups in total. The number of nitro benzene ring substituents is 1. The van der Waals surface area contributed by atoms with Gasteiger partial charge >= 0.3 is 0 Å². The van der Waals surface area contributed by atoms with E-state index in [1.807, 2.05) is 6.92 Å². The van der Waals surface area contributed by atoms with Gasteiger partial charge in [-0.05, 0) is 30.9 Å². The van der Waals surface area contributed by atoms with Gasteiger partial charge < -0.3 is 10.6 Å². The summed E-state index contributed by atoms with van der Waals surface area (Å²) in [6.45, 7) is 5.68. The molecule has 0 radical (unpaired) electrons. The smallest absolute Gasteiger partial charge is 0.288 e. The molecular formula is C13H18ClN3O2. The highest BCUT2D eigenvalue weighted by Crippen LogP contribution is 2.34. The zero-order valence-corrected chi connectivity index (χ0v) is 11.9. The van der Waals surface area contributed by atoms with Crippen molar-refractivity contribution in [1.82, 2.24) is 0 Å². The molecule has 2 atom stereocenters. The molecular weight excluding hydrogens is 266 g/mol. The Labute approximate surface area is 117 Å². The third-order valence-corrected chi connectivity index (χ3v) is 4.12. The number of nitro groups is 1. The van der Waals surface area contributed by atoms with E-state index < -0.39 is 4.92 Å². The molecule has 2 rings (SSSR count). The van der Waals surface area contributed by atoms with Crippen LogP contribution in [0.5, 0.6) is 0 Å². The van der Waals surface area contributed by atoms with Crippen molar-refractivity contribution >= 4 is 23.0 Å². The van der Waals surface area contributed by atoms with Gasteiger partial charge in [0.05, 0.1) is 4.92 Å². The summed E-state index contributed by atoms with van der Waals surface area (Å²) in [5, 5.41) is 11.0. The Hall–Kier alpha value is -1.33. The number of hydrogen-bond acceptors (Lipinski definition) is 4. The molecule has 1 aromatic rings. The van der Waals surface area contributed by atoms with Crippen molar-refractivity contribution in [3.05, 3.63) is 32.8 Å². The fourth-order valence-corrected chi connectivity index (χ4v) is 2.68. The van der Waals surface area contributed by atoms with Crippen molar-refractivity contribution in [1.29, 1.82) is 0 Å². The fraction of sp³-hybridized carbons (Fsp3) is 0.538. The predicted octanol–water partition coefficient (Wildman–Crippen LogP) is 2.73. The van der Waals surface area contributed by atoms with Crippen LogP contribution in [0, 0.1) is 23.0 Å². The van der Waals surface area contributed by atoms with E-state index in [0.717, 1.165) is 30.8 Å². The van der Waals surface area contributed by atoms with Crippen molar-refractivity contribution in [3.8, 4) is 0 Å². The summed E-state index contributed by atoms with van der Waals surface area (Å²) in [5.41, 5.74) is 7.85. The largest absolute Gasteiger partial charge is 0.370 e. The monoisotopic (exact) mass is 283 g/mol. The van der Waals surface area contributed by atoms with Gasteiger partial charge in [0.1, 0.15) is 5.02 Å². The minimum absolute atomic E-state index is 0.0439. The number of piperidine rings is 1. The highest BCUT2D eigenvalue weighted by atomic mass is 35.5. The lowest BCUT2D eigenvalue weighted by Gasteiger charge is -2.37. The molecule has 1 aromatic carbocycles. The second kappa shape index (κ2) is 5.35. The van der Waals surface area contributed by atoms with Gasteiger partial charge in [-0.3, -0.25) is 10.1 Å². The van der Waals surface area contributed by atoms with Crippen molar-refractivity contribution in [2.75, 3.05) is 18.0 Å². The summed E-state index contributed by atoms with van der Waals surface area (Å²) in [5.74, 6) is 0.505. The van der Waals surface area contributed by atoms with Crippen molar-refractivity contribution in [2.24, 2.45) is 11.7 Å². The minimum atomic E-state index is -0.455. The maximum atomic E-state index is 10.8. The molecule has 0 aliphatic carbocycles. The van der Waals surface area contributed by atoms with E-state index in [1.165, 1.54) is 6.07 Å². The van der Waals surface area contributed by atoms with Crippen LogP contribution in [0.2, 0.25) is 5.02 Å². The summed E-state index contributed by atoms with van der Waals surface area (Å²) < 4.78 is 0. The number of benzene rings is 1. The molecule has 1 fully saturated rings. The lowest BCUT2D eigenvalue weighted by molar-refractivity contribution is -0.384. The zero-order valence-electron chi connectivity index (χ0n) is 11.1. The first-order chi connectivity index (χ1) is 8.90. The molecule has 1 saturated heterocycles. The molecule has 0 bridgehead atoms. The van der Waals surface area contributed by atoms with E-state index in [4.69, 9.17) is 17.3 Å². The van der Waals surface area contributed by atoms with Crippen LogP contribution in [0.3, 0.4) is 0 Å². The summed E-state index contributed by atoms with van der Waals surface area (Å²) >= 11 is 5.98. The van der Waals surface area contributed by atoms with Crippen LogP contribution in [-0.2, 0) is 0 Å². The van der Waals surface area contributed by atoms with Crippen molar-refractivity contribution in [3.63, 3.8) is 0 Å². The average molecular weight is 284 g/mol. The second-order valence-corrected chi connectivity index (χ2v) is 5.63. The number of nitrogens with zero attached hydrogens (tertiary/aromatic N) is 2. The number of aryl methyl sites for hydroxylation is 1. The Kier molecular flexibility index (Phi) is 3.96. The van der Waals surface area contributed by atoms with Gasteiger partial charge in [-0.2, -0.15) is 0 Å². The van der Waals surface area contributed by atoms with Gasteiger partial charge in [0, 0.05) is 30.9 Å². The Morgan fingerprint density at radius 2 is 2.21 bits per heavy atom. The minimum Gasteiger partial charge on any atom is -0.370 e. The van der Waals surface area contributed by atoms with E-state index >= 15 is 0 Å². The van der Waals surface area contributed by atoms with Gasteiger partial charge in [0.2, 0.25) is 0 Å². The molecule has 5 nitrogen and oxygen atoms in total. The van der Waals surface area contributed by atoms with Gasteiger partial charge in [-0.25, -0.2) is 0 Å². The second-order valence-electron chi connectivity index (χ2n) is 5.22. The third kappa shape index (κ3) is 2.82. The maximum Gasteiger partial charge on any atom is 0.288 e. The number of hydrogen-bond donors (Lipinski definition) is 1. The highest BCUT2D eigenvalue weighted by molar-refractivity contribution is 6.33. The van der Waals surface area contributed by atoms with Crippen LogP contribution in [0.25, 0.3) is 0 Å². The number of nitrogens with two attached hydrogens (primary N) is 1. The van der Waals surface area contributed by atoms with E-state index in [0.29, 0.717) is 5.92 Å². The first-order valence-corrected chi connectivity index (χ1v) is 6.73. The summed E-state index contributed by atoms with van der Waals surface area (Å²) in [4.78, 5) is 12.6. The molecule has 6 heteroatoms. The maximum absolute atomic E-state index is 10.8. The Balaban J connectivity index is 2.31. The molecule has 0 spiro atoms. The van der Waals surface area contributed by atoms with Crippen LogP contribution in [-0.4, -0.2) is 24.1 Å². The lowest BCUT2D eigenvalue weighted by atomic mass is 9.93. The molecule has 1 aliphatic heterocycles. The van der Waals surface area contributed by atoms with E-state index in [1.54, 1.807) is 6.07 Å². The summed E-state index contributed by atoms with van der Waals surface area (Å²) in [6.07, 6.45) is 1.02. The standard InChI is InChI=1S/C13H18ClN3O2/c1-8-3-4-16(7-11(8)15)12-6-10(14)13(17(18)19)5-9(12)2/h5-6,8,11H,3-4,7,15H2,1-2H3. The van der Waals surface area contributed by atoms with Crippen LogP contribution in [0.1, 0.15) is 18.9 Å². The van der Waals surface area contributed by atoms with Crippen molar-refractivity contribution in [2.45, 2.75) is 26.3 Å². The molecule has 1 aliphatic rings. The topological polar surface area (TPSA) is 72.4 Å². The number of anilines is 1. The molecule has 1 heterocycles. The molecule has 0 amide bonds. The molecule has 19 heavy (non-hydrogen) atoms. The first-order valence-electron chi connectivity index (χ1n) is 6.35. The van der Waals surface area contributed by atoms with Crippen molar-refractivity contribution < 1.29 is 4.92 Å². The summed E-state index contributed by atoms with van der Waals surface area (Å²) in [6, 6.07) is 3.33. The third-order valence-electron chi connectivity index (χ3n) is 3.82. The van der Waals surface area contributed by atoms with Crippen LogP contribution < -0.4 is 10.6 Å². The van der Waals surface area contributed by atoms with Crippen LogP contribution in [0.15, 0.2) is 12.1 Å². The average Bonchev–Trinajstić information content (AvgIpc) is 2.35. The SMILES string of the molecule is Cc1cc([N+](=O)[O-])c(Cl)cc1N1CCC(C)C(N)C1. The van der Waals surface area contributed by atoms with E-state index in [9.17, 15) is 10.1 Å². The quantitative estimate of drug-likeness (QED) is 0.669. The lowest BCUT2D eigenvalue weighted by Crippen LogP contribution is -2.47. The molecule has 104 valence electrons. The van der Waals surface area contributed by atoms with E-state index in [2.05, 4.69) is 11.8 Å². The molecule has 2 unspecified atom stereocenters. The predicted molar refractivity (Wildman–Crippen MR) is 76.8 cm³/mol. The van der Waals surface area contributed by atoms with Crippen LogP contribution in [0.4, 0.5) is 11.4 Å². The number of halogens is 1. The molecule has 0 aromatic heterocycles. The van der Waals surface area contributed by atoms with Gasteiger partial charge in [-0.1, -0.05) is 18.5 Å². The number of rotatable bonds is 2. The van der Waals surface area contributed by atoms with Gasteiger partial charge in [-0.15, -0.1) is 0 Å². The highest BCUT2D eigenvalue weighted by Gasteiger charge is 2.25. The van der Waals surface area contributed by atoms with Gasteiger partial charge in [0.15, 0.2) is 0 Å².